The first-order valence-corrected chi connectivity index (χ1v) is 8.58. The smallest absolute Gasteiger partial charge is 0.335 e. The van der Waals surface area contributed by atoms with Gasteiger partial charge in [0, 0.05) is 51.3 Å². The van der Waals surface area contributed by atoms with E-state index in [2.05, 4.69) is 15.6 Å². The summed E-state index contributed by atoms with van der Waals surface area (Å²) in [4.78, 5) is 17.6. The Bertz CT molecular complexity index is 399. The number of nitrogens with zero attached hydrogens (tertiary/aromatic N) is 2. The van der Waals surface area contributed by atoms with Crippen molar-refractivity contribution in [1.82, 2.24) is 15.5 Å². The van der Waals surface area contributed by atoms with Crippen LogP contribution in [0.5, 0.6) is 0 Å². The van der Waals surface area contributed by atoms with Crippen molar-refractivity contribution in [2.24, 2.45) is 10.9 Å². The normalized spacial score (nSPS) is 28.8. The number of aliphatic imine (C=N–C) groups is 1. The molecular formula is C16H28F2N4O. The number of carbonyl (C=O) groups excluding carboxylic acids is 1. The SMILES string of the molecule is CNC1CCC(C=NC(=O)NCCN2CCC(F)(F)CC2)CC1. The summed E-state index contributed by atoms with van der Waals surface area (Å²) in [6.07, 6.45) is 5.95. The molecule has 2 amide bonds. The van der Waals surface area contributed by atoms with Crippen molar-refractivity contribution in [3.05, 3.63) is 0 Å². The maximum absolute atomic E-state index is 13.0. The Morgan fingerprint density at radius 1 is 1.26 bits per heavy atom. The van der Waals surface area contributed by atoms with Gasteiger partial charge in [0.2, 0.25) is 0 Å². The molecule has 0 aromatic heterocycles. The van der Waals surface area contributed by atoms with Crippen LogP contribution in [0.2, 0.25) is 0 Å². The molecule has 0 radical (unpaired) electrons. The summed E-state index contributed by atoms with van der Waals surface area (Å²) in [7, 11) is 1.98. The molecule has 5 nitrogen and oxygen atoms in total. The number of halogens is 2. The minimum Gasteiger partial charge on any atom is -0.335 e. The lowest BCUT2D eigenvalue weighted by molar-refractivity contribution is -0.0546. The average Bonchev–Trinajstić information content (AvgIpc) is 2.55. The van der Waals surface area contributed by atoms with Crippen LogP contribution in [0.3, 0.4) is 0 Å². The number of rotatable bonds is 5. The van der Waals surface area contributed by atoms with Crippen molar-refractivity contribution in [3.8, 4) is 0 Å². The third kappa shape index (κ3) is 6.51. The van der Waals surface area contributed by atoms with E-state index < -0.39 is 5.92 Å². The molecule has 2 rings (SSSR count). The van der Waals surface area contributed by atoms with Crippen LogP contribution in [0.25, 0.3) is 0 Å². The van der Waals surface area contributed by atoms with E-state index in [0.717, 1.165) is 25.7 Å². The highest BCUT2D eigenvalue weighted by Gasteiger charge is 2.33. The number of hydrogen-bond acceptors (Lipinski definition) is 3. The summed E-state index contributed by atoms with van der Waals surface area (Å²) in [5, 5.41) is 6.01. The van der Waals surface area contributed by atoms with E-state index in [4.69, 9.17) is 0 Å². The third-order valence-electron chi connectivity index (χ3n) is 4.87. The molecule has 0 unspecified atom stereocenters. The molecule has 2 aliphatic rings. The van der Waals surface area contributed by atoms with Crippen molar-refractivity contribution in [1.29, 1.82) is 0 Å². The number of alkyl halides is 2. The number of nitrogens with one attached hydrogen (secondary N) is 2. The molecule has 2 N–H and O–H groups in total. The summed E-state index contributed by atoms with van der Waals surface area (Å²) in [6, 6.07) is 0.258. The Hall–Kier alpha value is -1.08. The number of likely N-dealkylation sites (tertiary alicyclic amines) is 1. The molecular weight excluding hydrogens is 302 g/mol. The fourth-order valence-corrected chi connectivity index (χ4v) is 3.20. The zero-order valence-corrected chi connectivity index (χ0v) is 13.9. The quantitative estimate of drug-likeness (QED) is 0.761. The van der Waals surface area contributed by atoms with E-state index >= 15 is 0 Å². The Morgan fingerprint density at radius 2 is 1.91 bits per heavy atom. The van der Waals surface area contributed by atoms with Gasteiger partial charge in [0.05, 0.1) is 0 Å². The fourth-order valence-electron chi connectivity index (χ4n) is 3.20. The molecule has 7 heteroatoms. The van der Waals surface area contributed by atoms with Gasteiger partial charge in [0.25, 0.3) is 5.92 Å². The first-order valence-electron chi connectivity index (χ1n) is 8.58. The van der Waals surface area contributed by atoms with Gasteiger partial charge in [-0.1, -0.05) is 0 Å². The van der Waals surface area contributed by atoms with Crippen LogP contribution >= 0.6 is 0 Å². The van der Waals surface area contributed by atoms with E-state index in [1.165, 1.54) is 0 Å². The predicted molar refractivity (Wildman–Crippen MR) is 87.3 cm³/mol. The molecule has 0 aromatic rings. The van der Waals surface area contributed by atoms with Gasteiger partial charge >= 0.3 is 6.03 Å². The second kappa shape index (κ2) is 8.68. The fraction of sp³-hybridized carbons (Fsp3) is 0.875. The van der Waals surface area contributed by atoms with Crippen LogP contribution in [0.4, 0.5) is 13.6 Å². The Morgan fingerprint density at radius 3 is 2.52 bits per heavy atom. The molecule has 1 heterocycles. The monoisotopic (exact) mass is 330 g/mol. The first-order chi connectivity index (χ1) is 11.0. The highest BCUT2D eigenvalue weighted by atomic mass is 19.3. The second-order valence-corrected chi connectivity index (χ2v) is 6.61. The lowest BCUT2D eigenvalue weighted by Gasteiger charge is -2.31. The molecule has 0 spiro atoms. The molecule has 1 aliphatic carbocycles. The second-order valence-electron chi connectivity index (χ2n) is 6.61. The van der Waals surface area contributed by atoms with Crippen molar-refractivity contribution < 1.29 is 13.6 Å². The number of piperidine rings is 1. The minimum atomic E-state index is -2.52. The van der Waals surface area contributed by atoms with E-state index in [0.29, 0.717) is 38.1 Å². The van der Waals surface area contributed by atoms with Crippen LogP contribution < -0.4 is 10.6 Å². The number of hydrogen-bond donors (Lipinski definition) is 2. The van der Waals surface area contributed by atoms with Gasteiger partial charge in [0.15, 0.2) is 0 Å². The molecule has 0 aromatic carbocycles. The summed E-state index contributed by atoms with van der Waals surface area (Å²) < 4.78 is 26.1. The molecule has 1 saturated carbocycles. The molecule has 2 fully saturated rings. The Kier molecular flexibility index (Phi) is 6.89. The topological polar surface area (TPSA) is 56.7 Å². The first kappa shape index (κ1) is 18.3. The van der Waals surface area contributed by atoms with Gasteiger partial charge in [-0.25, -0.2) is 18.6 Å². The summed E-state index contributed by atoms with van der Waals surface area (Å²) in [5.74, 6) is -2.13. The largest absolute Gasteiger partial charge is 0.340 e. The van der Waals surface area contributed by atoms with Crippen LogP contribution in [0.1, 0.15) is 38.5 Å². The number of amides is 2. The lowest BCUT2D eigenvalue weighted by atomic mass is 9.87. The van der Waals surface area contributed by atoms with Crippen molar-refractivity contribution in [2.45, 2.75) is 50.5 Å². The van der Waals surface area contributed by atoms with Crippen LogP contribution in [0.15, 0.2) is 4.99 Å². The third-order valence-corrected chi connectivity index (χ3v) is 4.87. The molecule has 132 valence electrons. The molecule has 1 aliphatic heterocycles. The standard InChI is InChI=1S/C16H28F2N4O/c1-19-14-4-2-13(3-5-14)12-21-15(23)20-8-11-22-9-6-16(17,18)7-10-22/h12-14,19H,2-11H2,1H3,(H,20,23). The molecule has 0 atom stereocenters. The highest BCUT2D eigenvalue weighted by molar-refractivity contribution is 5.84. The maximum atomic E-state index is 13.0. The van der Waals surface area contributed by atoms with Gasteiger partial charge in [0.1, 0.15) is 0 Å². The van der Waals surface area contributed by atoms with Crippen molar-refractivity contribution in [2.75, 3.05) is 33.2 Å². The maximum Gasteiger partial charge on any atom is 0.340 e. The predicted octanol–water partition coefficient (Wildman–Crippen LogP) is 2.28. The zero-order chi connectivity index (χ0) is 16.7. The summed E-state index contributed by atoms with van der Waals surface area (Å²) in [5.41, 5.74) is 0. The van der Waals surface area contributed by atoms with Gasteiger partial charge in [-0.05, 0) is 38.6 Å². The molecule has 1 saturated heterocycles. The van der Waals surface area contributed by atoms with Crippen LogP contribution in [-0.2, 0) is 0 Å². The van der Waals surface area contributed by atoms with Gasteiger partial charge in [-0.2, -0.15) is 0 Å². The van der Waals surface area contributed by atoms with E-state index in [-0.39, 0.29) is 18.9 Å². The van der Waals surface area contributed by atoms with E-state index in [9.17, 15) is 13.6 Å². The summed E-state index contributed by atoms with van der Waals surface area (Å²) >= 11 is 0. The van der Waals surface area contributed by atoms with Crippen molar-refractivity contribution in [3.63, 3.8) is 0 Å². The highest BCUT2D eigenvalue weighted by Crippen LogP contribution is 2.27. The number of urea groups is 1. The van der Waals surface area contributed by atoms with E-state index in [1.54, 1.807) is 6.21 Å². The number of carbonyl (C=O) groups is 1. The lowest BCUT2D eigenvalue weighted by Crippen LogP contribution is -2.42. The van der Waals surface area contributed by atoms with Gasteiger partial charge < -0.3 is 15.5 Å². The van der Waals surface area contributed by atoms with Gasteiger partial charge in [-0.3, -0.25) is 0 Å². The summed E-state index contributed by atoms with van der Waals surface area (Å²) in [6.45, 7) is 1.83. The van der Waals surface area contributed by atoms with Crippen molar-refractivity contribution >= 4 is 12.2 Å². The zero-order valence-electron chi connectivity index (χ0n) is 13.9. The van der Waals surface area contributed by atoms with Gasteiger partial charge in [-0.15, -0.1) is 0 Å². The van der Waals surface area contributed by atoms with E-state index in [1.807, 2.05) is 11.9 Å². The molecule has 23 heavy (non-hydrogen) atoms. The van der Waals surface area contributed by atoms with Crippen LogP contribution in [-0.4, -0.2) is 62.3 Å². The molecule has 0 bridgehead atoms. The van der Waals surface area contributed by atoms with Crippen LogP contribution in [0, 0.1) is 5.92 Å². The Balaban J connectivity index is 1.57. The Labute approximate surface area is 136 Å². The minimum absolute atomic E-state index is 0.0889. The average molecular weight is 330 g/mol.